The molecule has 112 valence electrons. The molecule has 1 N–H and O–H groups in total. The van der Waals surface area contributed by atoms with Crippen LogP contribution in [0.1, 0.15) is 19.4 Å². The van der Waals surface area contributed by atoms with Crippen molar-refractivity contribution in [2.24, 2.45) is 0 Å². The topological polar surface area (TPSA) is 24.5 Å². The molecular formula is C16H26N2OS. The first-order chi connectivity index (χ1) is 9.74. The van der Waals surface area contributed by atoms with Crippen molar-refractivity contribution in [3.63, 3.8) is 0 Å². The first kappa shape index (κ1) is 15.8. The predicted octanol–water partition coefficient (Wildman–Crippen LogP) is 2.61. The molecule has 1 fully saturated rings. The summed E-state index contributed by atoms with van der Waals surface area (Å²) in [6, 6.07) is 9.47. The van der Waals surface area contributed by atoms with Gasteiger partial charge in [0.25, 0.3) is 0 Å². The molecule has 0 atom stereocenters. The van der Waals surface area contributed by atoms with Crippen molar-refractivity contribution in [3.05, 3.63) is 29.8 Å². The molecule has 1 aliphatic rings. The minimum Gasteiger partial charge on any atom is -0.379 e. The quantitative estimate of drug-likeness (QED) is 0.781. The van der Waals surface area contributed by atoms with Crippen LogP contribution in [0.4, 0.5) is 0 Å². The Hall–Kier alpha value is -0.550. The standard InChI is InChI=1S/C16H26N2OS/c1-14(2)17-13-15-3-5-16(6-4-15)20-12-9-18-7-10-19-11-8-18/h3-6,14,17H,7-13H2,1-2H3. The van der Waals surface area contributed by atoms with Crippen LogP contribution in [0.3, 0.4) is 0 Å². The summed E-state index contributed by atoms with van der Waals surface area (Å²) in [6.07, 6.45) is 0. The largest absolute Gasteiger partial charge is 0.379 e. The summed E-state index contributed by atoms with van der Waals surface area (Å²) in [5, 5.41) is 3.44. The average Bonchev–Trinajstić information content (AvgIpc) is 2.47. The van der Waals surface area contributed by atoms with E-state index in [4.69, 9.17) is 4.74 Å². The normalized spacial score (nSPS) is 16.8. The van der Waals surface area contributed by atoms with Gasteiger partial charge in [-0.15, -0.1) is 11.8 Å². The summed E-state index contributed by atoms with van der Waals surface area (Å²) in [6.45, 7) is 10.4. The van der Waals surface area contributed by atoms with Crippen molar-refractivity contribution in [3.8, 4) is 0 Å². The Labute approximate surface area is 127 Å². The molecule has 0 saturated carbocycles. The third-order valence-electron chi connectivity index (χ3n) is 3.42. The summed E-state index contributed by atoms with van der Waals surface area (Å²) < 4.78 is 5.36. The van der Waals surface area contributed by atoms with Crippen LogP contribution in [-0.2, 0) is 11.3 Å². The first-order valence-corrected chi connectivity index (χ1v) is 8.48. The first-order valence-electron chi connectivity index (χ1n) is 7.49. The van der Waals surface area contributed by atoms with Gasteiger partial charge in [-0.1, -0.05) is 26.0 Å². The van der Waals surface area contributed by atoms with Crippen LogP contribution >= 0.6 is 11.8 Å². The molecule has 1 heterocycles. The van der Waals surface area contributed by atoms with E-state index >= 15 is 0 Å². The van der Waals surface area contributed by atoms with E-state index in [0.29, 0.717) is 6.04 Å². The highest BCUT2D eigenvalue weighted by Crippen LogP contribution is 2.18. The van der Waals surface area contributed by atoms with Crippen molar-refractivity contribution < 1.29 is 4.74 Å². The molecule has 3 nitrogen and oxygen atoms in total. The fraction of sp³-hybridized carbons (Fsp3) is 0.625. The van der Waals surface area contributed by atoms with Crippen molar-refractivity contribution in [1.82, 2.24) is 10.2 Å². The summed E-state index contributed by atoms with van der Waals surface area (Å²) >= 11 is 1.94. The Balaban J connectivity index is 1.67. The van der Waals surface area contributed by atoms with Crippen LogP contribution in [-0.4, -0.2) is 49.5 Å². The number of hydrogen-bond acceptors (Lipinski definition) is 4. The van der Waals surface area contributed by atoms with Crippen LogP contribution < -0.4 is 5.32 Å². The summed E-state index contributed by atoms with van der Waals surface area (Å²) in [5.74, 6) is 1.16. The zero-order chi connectivity index (χ0) is 14.2. The maximum atomic E-state index is 5.36. The average molecular weight is 294 g/mol. The molecule has 0 radical (unpaired) electrons. The van der Waals surface area contributed by atoms with Crippen LogP contribution in [0, 0.1) is 0 Å². The van der Waals surface area contributed by atoms with Gasteiger partial charge in [-0.2, -0.15) is 0 Å². The number of morpholine rings is 1. The Morgan fingerprint density at radius 2 is 1.90 bits per heavy atom. The summed E-state index contributed by atoms with van der Waals surface area (Å²) in [7, 11) is 0. The van der Waals surface area contributed by atoms with Gasteiger partial charge in [0.05, 0.1) is 13.2 Å². The van der Waals surface area contributed by atoms with Gasteiger partial charge < -0.3 is 10.1 Å². The molecule has 0 spiro atoms. The Kier molecular flexibility index (Phi) is 6.87. The van der Waals surface area contributed by atoms with Crippen molar-refractivity contribution >= 4 is 11.8 Å². The molecule has 20 heavy (non-hydrogen) atoms. The zero-order valence-electron chi connectivity index (χ0n) is 12.6. The van der Waals surface area contributed by atoms with E-state index in [0.717, 1.165) is 45.1 Å². The number of nitrogens with one attached hydrogen (secondary N) is 1. The lowest BCUT2D eigenvalue weighted by Gasteiger charge is -2.26. The van der Waals surface area contributed by atoms with E-state index in [-0.39, 0.29) is 0 Å². The molecule has 0 aromatic heterocycles. The highest BCUT2D eigenvalue weighted by atomic mass is 32.2. The van der Waals surface area contributed by atoms with Gasteiger partial charge in [0.15, 0.2) is 0 Å². The number of rotatable bonds is 7. The smallest absolute Gasteiger partial charge is 0.0594 e. The lowest BCUT2D eigenvalue weighted by atomic mass is 10.2. The van der Waals surface area contributed by atoms with Crippen LogP contribution in [0.25, 0.3) is 0 Å². The van der Waals surface area contributed by atoms with Gasteiger partial charge in [0, 0.05) is 42.9 Å². The molecule has 0 amide bonds. The minimum absolute atomic E-state index is 0.539. The molecule has 1 aliphatic heterocycles. The summed E-state index contributed by atoms with van der Waals surface area (Å²) in [4.78, 5) is 3.85. The second-order valence-electron chi connectivity index (χ2n) is 5.48. The molecule has 2 rings (SSSR count). The van der Waals surface area contributed by atoms with E-state index in [1.165, 1.54) is 10.5 Å². The maximum Gasteiger partial charge on any atom is 0.0594 e. The fourth-order valence-electron chi connectivity index (χ4n) is 2.14. The van der Waals surface area contributed by atoms with Gasteiger partial charge in [-0.25, -0.2) is 0 Å². The van der Waals surface area contributed by atoms with Gasteiger partial charge in [-0.05, 0) is 17.7 Å². The second kappa shape index (κ2) is 8.67. The van der Waals surface area contributed by atoms with Crippen LogP contribution in [0.5, 0.6) is 0 Å². The van der Waals surface area contributed by atoms with Crippen molar-refractivity contribution in [2.75, 3.05) is 38.6 Å². The van der Waals surface area contributed by atoms with E-state index in [1.54, 1.807) is 0 Å². The predicted molar refractivity (Wildman–Crippen MR) is 86.4 cm³/mol. The number of benzene rings is 1. The third-order valence-corrected chi connectivity index (χ3v) is 4.41. The Morgan fingerprint density at radius 1 is 1.20 bits per heavy atom. The molecular weight excluding hydrogens is 268 g/mol. The highest BCUT2D eigenvalue weighted by Gasteiger charge is 2.09. The van der Waals surface area contributed by atoms with Crippen molar-refractivity contribution in [2.45, 2.75) is 31.3 Å². The molecule has 1 aromatic rings. The van der Waals surface area contributed by atoms with Crippen LogP contribution in [0.15, 0.2) is 29.2 Å². The lowest BCUT2D eigenvalue weighted by Crippen LogP contribution is -2.37. The van der Waals surface area contributed by atoms with Gasteiger partial charge in [0.1, 0.15) is 0 Å². The SMILES string of the molecule is CC(C)NCc1ccc(SCCN2CCOCC2)cc1. The Bertz CT molecular complexity index is 375. The zero-order valence-corrected chi connectivity index (χ0v) is 13.4. The molecule has 0 aliphatic carbocycles. The molecule has 0 bridgehead atoms. The fourth-order valence-corrected chi connectivity index (χ4v) is 3.06. The van der Waals surface area contributed by atoms with Gasteiger partial charge in [0.2, 0.25) is 0 Å². The van der Waals surface area contributed by atoms with E-state index in [1.807, 2.05) is 11.8 Å². The third kappa shape index (κ3) is 5.83. The van der Waals surface area contributed by atoms with Gasteiger partial charge >= 0.3 is 0 Å². The Morgan fingerprint density at radius 3 is 2.55 bits per heavy atom. The number of nitrogens with zero attached hydrogens (tertiary/aromatic N) is 1. The monoisotopic (exact) mass is 294 g/mol. The van der Waals surface area contributed by atoms with Crippen LogP contribution in [0.2, 0.25) is 0 Å². The van der Waals surface area contributed by atoms with E-state index in [2.05, 4.69) is 48.3 Å². The number of ether oxygens (including phenoxy) is 1. The maximum absolute atomic E-state index is 5.36. The number of hydrogen-bond donors (Lipinski definition) is 1. The molecule has 1 aromatic carbocycles. The van der Waals surface area contributed by atoms with E-state index < -0.39 is 0 Å². The number of thioether (sulfide) groups is 1. The van der Waals surface area contributed by atoms with Crippen molar-refractivity contribution in [1.29, 1.82) is 0 Å². The van der Waals surface area contributed by atoms with Gasteiger partial charge in [-0.3, -0.25) is 4.90 Å². The molecule has 0 unspecified atom stereocenters. The minimum atomic E-state index is 0.539. The molecule has 4 heteroatoms. The van der Waals surface area contributed by atoms with E-state index in [9.17, 15) is 0 Å². The molecule has 1 saturated heterocycles. The summed E-state index contributed by atoms with van der Waals surface area (Å²) in [5.41, 5.74) is 1.36. The lowest BCUT2D eigenvalue weighted by molar-refractivity contribution is 0.0410. The second-order valence-corrected chi connectivity index (χ2v) is 6.65. The highest BCUT2D eigenvalue weighted by molar-refractivity contribution is 7.99.